The lowest BCUT2D eigenvalue weighted by molar-refractivity contribution is -0.00114. The molecule has 1 N–H and O–H groups in total. The van der Waals surface area contributed by atoms with Gasteiger partial charge in [0.1, 0.15) is 11.3 Å². The van der Waals surface area contributed by atoms with Crippen molar-refractivity contribution in [2.45, 2.75) is 37.5 Å². The summed E-state index contributed by atoms with van der Waals surface area (Å²) in [5.74, 6) is 0.713. The predicted molar refractivity (Wildman–Crippen MR) is 80.4 cm³/mol. The maximum absolute atomic E-state index is 11.4. The summed E-state index contributed by atoms with van der Waals surface area (Å²) in [6.07, 6.45) is 4.72. The first-order valence-electron chi connectivity index (χ1n) is 7.77. The van der Waals surface area contributed by atoms with Gasteiger partial charge in [0.25, 0.3) is 0 Å². The number of aliphatic hydroxyl groups is 1. The molecule has 2 atom stereocenters. The van der Waals surface area contributed by atoms with Crippen molar-refractivity contribution in [1.29, 1.82) is 0 Å². The lowest BCUT2D eigenvalue weighted by atomic mass is 9.88. The highest BCUT2D eigenvalue weighted by molar-refractivity contribution is 5.34. The van der Waals surface area contributed by atoms with Crippen molar-refractivity contribution in [3.8, 4) is 5.75 Å². The van der Waals surface area contributed by atoms with Crippen molar-refractivity contribution < 1.29 is 9.84 Å². The van der Waals surface area contributed by atoms with Crippen LogP contribution in [0.4, 0.5) is 0 Å². The van der Waals surface area contributed by atoms with Gasteiger partial charge in [0.15, 0.2) is 5.75 Å². The molecule has 118 valence electrons. The summed E-state index contributed by atoms with van der Waals surface area (Å²) in [5.41, 5.74) is 0.0336. The maximum atomic E-state index is 11.4. The number of methoxy groups -OCH3 is 1. The van der Waals surface area contributed by atoms with E-state index in [0.717, 1.165) is 44.7 Å². The minimum absolute atomic E-state index is 0.209. The van der Waals surface area contributed by atoms with Crippen LogP contribution in [-0.2, 0) is 12.1 Å². The maximum Gasteiger partial charge on any atom is 0.163 e. The fourth-order valence-corrected chi connectivity index (χ4v) is 3.81. The Morgan fingerprint density at radius 1 is 1.48 bits per heavy atom. The molecule has 0 bridgehead atoms. The molecule has 3 rings (SSSR count). The van der Waals surface area contributed by atoms with Gasteiger partial charge in [0, 0.05) is 19.1 Å². The summed E-state index contributed by atoms with van der Waals surface area (Å²) < 4.78 is 7.41. The van der Waals surface area contributed by atoms with Gasteiger partial charge in [-0.3, -0.25) is 9.58 Å². The summed E-state index contributed by atoms with van der Waals surface area (Å²) in [6, 6.07) is 0.209. The van der Waals surface area contributed by atoms with E-state index in [0.29, 0.717) is 5.75 Å². The highest BCUT2D eigenvalue weighted by Crippen LogP contribution is 2.45. The molecular formula is C15H26N4O2. The van der Waals surface area contributed by atoms with Crippen LogP contribution in [0.25, 0.3) is 0 Å². The summed E-state index contributed by atoms with van der Waals surface area (Å²) in [7, 11) is 5.74. The van der Waals surface area contributed by atoms with Crippen LogP contribution in [0.15, 0.2) is 6.20 Å². The van der Waals surface area contributed by atoms with Gasteiger partial charge in [-0.2, -0.15) is 5.10 Å². The number of likely N-dealkylation sites (N-methyl/N-ethyl adjacent to an activating group) is 1. The van der Waals surface area contributed by atoms with E-state index in [1.807, 2.05) is 18.8 Å². The third-order valence-corrected chi connectivity index (χ3v) is 4.89. The Labute approximate surface area is 126 Å². The van der Waals surface area contributed by atoms with Crippen LogP contribution < -0.4 is 4.74 Å². The molecule has 0 saturated carbocycles. The van der Waals surface area contributed by atoms with Crippen LogP contribution in [0, 0.1) is 0 Å². The second kappa shape index (κ2) is 5.59. The SMILES string of the molecule is COc1cnn(CCN(C)C)c1C1(O)CCN2CCCC21. The first-order chi connectivity index (χ1) is 10.1. The summed E-state index contributed by atoms with van der Waals surface area (Å²) in [5, 5.41) is 15.8. The van der Waals surface area contributed by atoms with E-state index in [-0.39, 0.29) is 6.04 Å². The molecule has 3 heterocycles. The number of hydrogen-bond donors (Lipinski definition) is 1. The molecule has 1 aromatic heterocycles. The molecule has 0 aliphatic carbocycles. The molecule has 6 heteroatoms. The van der Waals surface area contributed by atoms with Crippen LogP contribution >= 0.6 is 0 Å². The molecular weight excluding hydrogens is 268 g/mol. The molecule has 0 spiro atoms. The third kappa shape index (κ3) is 2.45. The third-order valence-electron chi connectivity index (χ3n) is 4.89. The minimum Gasteiger partial charge on any atom is -0.493 e. The lowest BCUT2D eigenvalue weighted by Crippen LogP contribution is -2.41. The van der Waals surface area contributed by atoms with Crippen molar-refractivity contribution in [3.63, 3.8) is 0 Å². The Morgan fingerprint density at radius 2 is 2.29 bits per heavy atom. The van der Waals surface area contributed by atoms with Crippen LogP contribution in [0.2, 0.25) is 0 Å². The Kier molecular flexibility index (Phi) is 3.94. The Morgan fingerprint density at radius 3 is 3.00 bits per heavy atom. The number of ether oxygens (including phenoxy) is 1. The van der Waals surface area contributed by atoms with Gasteiger partial charge in [-0.15, -0.1) is 0 Å². The number of nitrogens with zero attached hydrogens (tertiary/aromatic N) is 4. The Hall–Kier alpha value is -1.11. The quantitative estimate of drug-likeness (QED) is 0.857. The van der Waals surface area contributed by atoms with Crippen LogP contribution in [0.3, 0.4) is 0 Å². The van der Waals surface area contributed by atoms with Crippen molar-refractivity contribution in [3.05, 3.63) is 11.9 Å². The van der Waals surface area contributed by atoms with Crippen molar-refractivity contribution >= 4 is 0 Å². The summed E-state index contributed by atoms with van der Waals surface area (Å²) in [6.45, 7) is 3.72. The smallest absolute Gasteiger partial charge is 0.163 e. The van der Waals surface area contributed by atoms with E-state index in [2.05, 4.69) is 14.9 Å². The Bertz CT molecular complexity index is 502. The average molecular weight is 294 g/mol. The van der Waals surface area contributed by atoms with E-state index in [9.17, 15) is 5.11 Å². The van der Waals surface area contributed by atoms with E-state index in [1.165, 1.54) is 6.42 Å². The summed E-state index contributed by atoms with van der Waals surface area (Å²) in [4.78, 5) is 4.53. The van der Waals surface area contributed by atoms with Gasteiger partial charge in [0.05, 0.1) is 19.9 Å². The largest absolute Gasteiger partial charge is 0.493 e. The molecule has 2 aliphatic heterocycles. The van der Waals surface area contributed by atoms with E-state index in [1.54, 1.807) is 13.3 Å². The molecule has 2 aliphatic rings. The normalized spacial score (nSPS) is 29.3. The standard InChI is InChI=1S/C15H26N4O2/c1-17(2)9-10-19-14(12(21-3)11-16-19)15(20)6-8-18-7-4-5-13(15)18/h11,13,20H,4-10H2,1-3H3. The van der Waals surface area contributed by atoms with Crippen LogP contribution in [0.1, 0.15) is 25.0 Å². The van der Waals surface area contributed by atoms with Crippen molar-refractivity contribution in [1.82, 2.24) is 19.6 Å². The zero-order valence-electron chi connectivity index (χ0n) is 13.2. The zero-order valence-corrected chi connectivity index (χ0v) is 13.2. The van der Waals surface area contributed by atoms with Gasteiger partial charge in [-0.1, -0.05) is 0 Å². The lowest BCUT2D eigenvalue weighted by Gasteiger charge is -2.31. The molecule has 0 radical (unpaired) electrons. The second-order valence-corrected chi connectivity index (χ2v) is 6.46. The fraction of sp³-hybridized carbons (Fsp3) is 0.800. The second-order valence-electron chi connectivity index (χ2n) is 6.46. The zero-order chi connectivity index (χ0) is 15.0. The van der Waals surface area contributed by atoms with Gasteiger partial charge < -0.3 is 14.7 Å². The average Bonchev–Trinajstić information content (AvgIpc) is 3.13. The van der Waals surface area contributed by atoms with Crippen LogP contribution in [-0.4, -0.2) is 71.6 Å². The molecule has 1 aromatic rings. The predicted octanol–water partition coefficient (Wildman–Crippen LogP) is 0.509. The van der Waals surface area contributed by atoms with Gasteiger partial charge in [-0.05, 0) is 39.9 Å². The van der Waals surface area contributed by atoms with Gasteiger partial charge in [-0.25, -0.2) is 0 Å². The van der Waals surface area contributed by atoms with Crippen LogP contribution in [0.5, 0.6) is 5.75 Å². The van der Waals surface area contributed by atoms with Crippen molar-refractivity contribution in [2.75, 3.05) is 40.8 Å². The molecule has 2 unspecified atom stereocenters. The number of fused-ring (bicyclic) bond motifs is 1. The first kappa shape index (κ1) is 14.8. The van der Waals surface area contributed by atoms with Gasteiger partial charge >= 0.3 is 0 Å². The highest BCUT2D eigenvalue weighted by Gasteiger charge is 2.52. The van der Waals surface area contributed by atoms with E-state index >= 15 is 0 Å². The molecule has 0 aromatic carbocycles. The number of aromatic nitrogens is 2. The van der Waals surface area contributed by atoms with Crippen molar-refractivity contribution in [2.24, 2.45) is 0 Å². The van der Waals surface area contributed by atoms with E-state index in [4.69, 9.17) is 4.74 Å². The molecule has 2 fully saturated rings. The van der Waals surface area contributed by atoms with E-state index < -0.39 is 5.60 Å². The molecule has 0 amide bonds. The Balaban J connectivity index is 1.94. The molecule has 6 nitrogen and oxygen atoms in total. The summed E-state index contributed by atoms with van der Waals surface area (Å²) >= 11 is 0. The molecule has 2 saturated heterocycles. The highest BCUT2D eigenvalue weighted by atomic mass is 16.5. The molecule has 21 heavy (non-hydrogen) atoms. The fourth-order valence-electron chi connectivity index (χ4n) is 3.81. The number of hydrogen-bond acceptors (Lipinski definition) is 5. The minimum atomic E-state index is -0.829. The topological polar surface area (TPSA) is 53.8 Å². The number of rotatable bonds is 5. The van der Waals surface area contributed by atoms with Gasteiger partial charge in [0.2, 0.25) is 0 Å². The first-order valence-corrected chi connectivity index (χ1v) is 7.77. The monoisotopic (exact) mass is 294 g/mol.